The minimum atomic E-state index is -0.944. The Balaban J connectivity index is 1.36. The van der Waals surface area contributed by atoms with E-state index < -0.39 is 11.6 Å². The van der Waals surface area contributed by atoms with Crippen molar-refractivity contribution in [2.75, 3.05) is 6.54 Å². The molecule has 3 aliphatic rings. The van der Waals surface area contributed by atoms with E-state index in [-0.39, 0.29) is 23.7 Å². The highest BCUT2D eigenvalue weighted by Crippen LogP contribution is 2.36. The Labute approximate surface area is 211 Å². The number of halogens is 1. The summed E-state index contributed by atoms with van der Waals surface area (Å²) in [7, 11) is 0. The van der Waals surface area contributed by atoms with Crippen molar-refractivity contribution in [1.29, 1.82) is 0 Å². The molecule has 8 heteroatoms. The fourth-order valence-electron chi connectivity index (χ4n) is 5.31. The standard InChI is InChI=1S/C28H33FN4O3/c1-17(2)25(24-16-18(3)31-35-24)27(34)33-15-7-10-23(33)26-30-28(4,36-32-26)20-13-11-19(12-14-20)21-8-5-6-9-22(21)29/h8-9,11-14,16-17,23,25H,5-7,10,15H2,1-4H3,(H,30,32)/t23?,25?,28-/m1/s1. The molecule has 0 radical (unpaired) electrons. The summed E-state index contributed by atoms with van der Waals surface area (Å²) in [6.07, 6.45) is 6.83. The number of aromatic nitrogens is 1. The highest BCUT2D eigenvalue weighted by atomic mass is 19.1. The molecular weight excluding hydrogens is 459 g/mol. The predicted octanol–water partition coefficient (Wildman–Crippen LogP) is 5.55. The lowest BCUT2D eigenvalue weighted by Gasteiger charge is -2.29. The first-order chi connectivity index (χ1) is 17.3. The van der Waals surface area contributed by atoms with Crippen LogP contribution in [0.2, 0.25) is 0 Å². The number of hydroxylamine groups is 1. The molecule has 3 atom stereocenters. The number of nitrogens with zero attached hydrogens (tertiary/aromatic N) is 3. The van der Waals surface area contributed by atoms with Gasteiger partial charge < -0.3 is 9.42 Å². The Bertz CT molecular complexity index is 1230. The van der Waals surface area contributed by atoms with Gasteiger partial charge in [-0.1, -0.05) is 49.3 Å². The van der Waals surface area contributed by atoms with E-state index in [1.807, 2.05) is 69.0 Å². The molecule has 1 fully saturated rings. The summed E-state index contributed by atoms with van der Waals surface area (Å²) in [5, 5.41) is 3.99. The number of amides is 1. The lowest BCUT2D eigenvalue weighted by Crippen LogP contribution is -2.46. The molecule has 1 amide bonds. The van der Waals surface area contributed by atoms with E-state index in [1.54, 1.807) is 6.08 Å². The van der Waals surface area contributed by atoms with Crippen LogP contribution in [0, 0.1) is 12.8 Å². The van der Waals surface area contributed by atoms with Crippen LogP contribution in [0.5, 0.6) is 0 Å². The van der Waals surface area contributed by atoms with E-state index in [0.717, 1.165) is 42.5 Å². The number of hydrogen-bond donors (Lipinski definition) is 1. The third-order valence-corrected chi connectivity index (χ3v) is 7.25. The van der Waals surface area contributed by atoms with E-state index in [1.165, 1.54) is 0 Å². The van der Waals surface area contributed by atoms with Crippen LogP contribution in [-0.4, -0.2) is 34.4 Å². The summed E-state index contributed by atoms with van der Waals surface area (Å²) in [5.74, 6) is 0.737. The number of aliphatic imine (C=N–C) groups is 1. The molecule has 2 unspecified atom stereocenters. The summed E-state index contributed by atoms with van der Waals surface area (Å²) < 4.78 is 19.7. The van der Waals surface area contributed by atoms with Gasteiger partial charge in [0.25, 0.3) is 0 Å². The molecule has 1 aliphatic carbocycles. The number of carbonyl (C=O) groups is 1. The van der Waals surface area contributed by atoms with Crippen molar-refractivity contribution in [3.63, 3.8) is 0 Å². The van der Waals surface area contributed by atoms with E-state index in [2.05, 4.69) is 10.6 Å². The number of aryl methyl sites for hydroxylation is 1. The molecule has 190 valence electrons. The molecule has 0 spiro atoms. The molecule has 1 saturated heterocycles. The Morgan fingerprint density at radius 2 is 1.97 bits per heavy atom. The molecular formula is C28H33FN4O3. The van der Waals surface area contributed by atoms with E-state index in [0.29, 0.717) is 23.7 Å². The van der Waals surface area contributed by atoms with Crippen LogP contribution in [0.4, 0.5) is 4.39 Å². The fraction of sp³-hybridized carbons (Fsp3) is 0.464. The minimum Gasteiger partial charge on any atom is -0.360 e. The molecule has 3 heterocycles. The topological polar surface area (TPSA) is 80.0 Å². The van der Waals surface area contributed by atoms with Crippen molar-refractivity contribution in [2.45, 2.75) is 71.1 Å². The van der Waals surface area contributed by atoms with Gasteiger partial charge in [-0.25, -0.2) is 19.7 Å². The van der Waals surface area contributed by atoms with Crippen molar-refractivity contribution in [1.82, 2.24) is 15.5 Å². The second kappa shape index (κ2) is 9.65. The number of rotatable bonds is 6. The highest BCUT2D eigenvalue weighted by Gasteiger charge is 2.43. The number of amidine groups is 1. The van der Waals surface area contributed by atoms with Crippen molar-refractivity contribution in [2.24, 2.45) is 10.9 Å². The van der Waals surface area contributed by atoms with Gasteiger partial charge in [-0.05, 0) is 57.1 Å². The second-order valence-electron chi connectivity index (χ2n) is 10.3. The zero-order valence-corrected chi connectivity index (χ0v) is 21.3. The summed E-state index contributed by atoms with van der Waals surface area (Å²) in [5.41, 5.74) is 5.14. The molecule has 1 N–H and O–H groups in total. The van der Waals surface area contributed by atoms with Crippen molar-refractivity contribution < 1.29 is 18.5 Å². The van der Waals surface area contributed by atoms with E-state index >= 15 is 0 Å². The number of nitrogens with one attached hydrogen (secondary N) is 1. The summed E-state index contributed by atoms with van der Waals surface area (Å²) in [4.78, 5) is 26.4. The van der Waals surface area contributed by atoms with Gasteiger partial charge in [-0.2, -0.15) is 0 Å². The van der Waals surface area contributed by atoms with Crippen LogP contribution in [-0.2, 0) is 15.4 Å². The van der Waals surface area contributed by atoms with E-state index in [9.17, 15) is 9.18 Å². The first kappa shape index (κ1) is 24.4. The van der Waals surface area contributed by atoms with Gasteiger partial charge in [0.15, 0.2) is 0 Å². The third-order valence-electron chi connectivity index (χ3n) is 7.25. The Morgan fingerprint density at radius 3 is 2.64 bits per heavy atom. The van der Waals surface area contributed by atoms with Crippen molar-refractivity contribution >= 4 is 17.3 Å². The molecule has 7 nitrogen and oxygen atoms in total. The molecule has 1 aromatic carbocycles. The van der Waals surface area contributed by atoms with Gasteiger partial charge in [-0.3, -0.25) is 4.79 Å². The Morgan fingerprint density at radius 1 is 1.22 bits per heavy atom. The van der Waals surface area contributed by atoms with Gasteiger partial charge in [-0.15, -0.1) is 0 Å². The van der Waals surface area contributed by atoms with Crippen LogP contribution in [0.3, 0.4) is 0 Å². The second-order valence-corrected chi connectivity index (χ2v) is 10.3. The smallest absolute Gasteiger partial charge is 0.234 e. The van der Waals surface area contributed by atoms with Gasteiger partial charge in [0.2, 0.25) is 11.6 Å². The van der Waals surface area contributed by atoms with Gasteiger partial charge in [0, 0.05) is 23.7 Å². The van der Waals surface area contributed by atoms with Gasteiger partial charge in [0.05, 0.1) is 11.7 Å². The van der Waals surface area contributed by atoms with Crippen molar-refractivity contribution in [3.8, 4) is 0 Å². The zero-order chi connectivity index (χ0) is 25.4. The average Bonchev–Trinajstić information content (AvgIpc) is 3.60. The largest absolute Gasteiger partial charge is 0.360 e. The highest BCUT2D eigenvalue weighted by molar-refractivity contribution is 5.94. The molecule has 36 heavy (non-hydrogen) atoms. The van der Waals surface area contributed by atoms with Gasteiger partial charge in [0.1, 0.15) is 23.3 Å². The SMILES string of the molecule is Cc1cc(C(C(=O)N2CCCC2C2=N[C@@](C)(c3ccc(C4=CCCC=C4F)cc3)ON2)C(C)C)on1. The zero-order valence-electron chi connectivity index (χ0n) is 21.3. The first-order valence-electron chi connectivity index (χ1n) is 12.7. The fourth-order valence-corrected chi connectivity index (χ4v) is 5.31. The van der Waals surface area contributed by atoms with Gasteiger partial charge >= 0.3 is 0 Å². The molecule has 2 aliphatic heterocycles. The minimum absolute atomic E-state index is 0.0157. The molecule has 2 aromatic rings. The van der Waals surface area contributed by atoms with Crippen LogP contribution < -0.4 is 5.48 Å². The Hall–Kier alpha value is -3.26. The average molecular weight is 493 g/mol. The maximum absolute atomic E-state index is 14.2. The molecule has 5 rings (SSSR count). The quantitative estimate of drug-likeness (QED) is 0.572. The molecule has 0 saturated carbocycles. The summed E-state index contributed by atoms with van der Waals surface area (Å²) >= 11 is 0. The maximum Gasteiger partial charge on any atom is 0.234 e. The number of benzene rings is 1. The molecule has 0 bridgehead atoms. The number of likely N-dealkylation sites (tertiary alicyclic amines) is 1. The Kier molecular flexibility index (Phi) is 6.55. The number of allylic oxidation sites excluding steroid dienone is 4. The number of carbonyl (C=O) groups excluding carboxylic acids is 1. The van der Waals surface area contributed by atoms with Crippen LogP contribution in [0.1, 0.15) is 75.0 Å². The van der Waals surface area contributed by atoms with Crippen LogP contribution >= 0.6 is 0 Å². The lowest BCUT2D eigenvalue weighted by atomic mass is 9.91. The normalized spacial score (nSPS) is 24.9. The van der Waals surface area contributed by atoms with Crippen LogP contribution in [0.25, 0.3) is 5.57 Å². The van der Waals surface area contributed by atoms with Crippen LogP contribution in [0.15, 0.2) is 57.8 Å². The summed E-state index contributed by atoms with van der Waals surface area (Å²) in [6, 6.07) is 9.29. The molecule has 1 aromatic heterocycles. The predicted molar refractivity (Wildman–Crippen MR) is 135 cm³/mol. The maximum atomic E-state index is 14.2. The monoisotopic (exact) mass is 492 g/mol. The first-order valence-corrected chi connectivity index (χ1v) is 12.7. The number of hydrogen-bond acceptors (Lipinski definition) is 6. The third kappa shape index (κ3) is 4.50. The lowest BCUT2D eigenvalue weighted by molar-refractivity contribution is -0.134. The summed E-state index contributed by atoms with van der Waals surface area (Å²) in [6.45, 7) is 8.43. The van der Waals surface area contributed by atoms with E-state index in [4.69, 9.17) is 14.4 Å². The van der Waals surface area contributed by atoms with Crippen molar-refractivity contribution in [3.05, 3.63) is 70.9 Å².